The average Bonchev–Trinajstić information content (AvgIpc) is 3.18. The molecule has 0 bridgehead atoms. The number of hydrogen-bond acceptors (Lipinski definition) is 6. The lowest BCUT2D eigenvalue weighted by Gasteiger charge is -2.35. The van der Waals surface area contributed by atoms with E-state index in [2.05, 4.69) is 26.5 Å². The number of carbonyl (C=O) groups is 3. The molecule has 184 valence electrons. The number of carbonyl (C=O) groups excluding carboxylic acids is 3. The van der Waals surface area contributed by atoms with E-state index in [0.717, 1.165) is 44.2 Å². The molecule has 5 rings (SSSR count). The first kappa shape index (κ1) is 23.5. The molecule has 4 heterocycles. The van der Waals surface area contributed by atoms with Gasteiger partial charge in [0.05, 0.1) is 0 Å². The normalized spacial score (nSPS) is 26.6. The van der Waals surface area contributed by atoms with Crippen LogP contribution in [-0.4, -0.2) is 84.3 Å². The Balaban J connectivity index is 1.13. The molecular weight excluding hydrogens is 430 g/mol. The van der Waals surface area contributed by atoms with E-state index in [1.54, 1.807) is 4.90 Å². The molecule has 8 nitrogen and oxygen atoms in total. The van der Waals surface area contributed by atoms with E-state index in [0.29, 0.717) is 18.5 Å². The zero-order valence-corrected chi connectivity index (χ0v) is 20.1. The smallest absolute Gasteiger partial charge is 0.255 e. The zero-order chi connectivity index (χ0) is 23.5. The Morgan fingerprint density at radius 1 is 1.00 bits per heavy atom. The molecular formula is C26H37N5O3. The summed E-state index contributed by atoms with van der Waals surface area (Å²) in [6.07, 6.45) is 6.01. The molecule has 0 spiro atoms. The van der Waals surface area contributed by atoms with E-state index < -0.39 is 6.04 Å². The number of fused-ring (bicyclic) bond motifs is 1. The quantitative estimate of drug-likeness (QED) is 0.589. The summed E-state index contributed by atoms with van der Waals surface area (Å²) in [5.74, 6) is 0.160. The second kappa shape index (κ2) is 10.5. The van der Waals surface area contributed by atoms with Gasteiger partial charge in [-0.1, -0.05) is 12.1 Å². The predicted octanol–water partition coefficient (Wildman–Crippen LogP) is 1.35. The molecule has 0 aromatic heterocycles. The molecule has 3 saturated heterocycles. The largest absolute Gasteiger partial charge is 0.322 e. The third-order valence-electron chi connectivity index (χ3n) is 8.02. The maximum atomic E-state index is 13.1. The molecule has 0 aliphatic carbocycles. The Hall–Kier alpha value is -2.29. The maximum Gasteiger partial charge on any atom is 0.255 e. The SMILES string of the molecule is O=C1CCC(N2Cc3c(CN4CCN(CCCC5CCCNC5)CC4)cccc3C2=O)C(=O)N1. The highest BCUT2D eigenvalue weighted by atomic mass is 16.2. The molecule has 34 heavy (non-hydrogen) atoms. The monoisotopic (exact) mass is 467 g/mol. The first-order valence-electron chi connectivity index (χ1n) is 13.0. The fourth-order valence-corrected chi connectivity index (χ4v) is 5.98. The van der Waals surface area contributed by atoms with Crippen molar-refractivity contribution in [3.05, 3.63) is 34.9 Å². The molecule has 1 aromatic carbocycles. The summed E-state index contributed by atoms with van der Waals surface area (Å²) in [6, 6.07) is 5.38. The van der Waals surface area contributed by atoms with Gasteiger partial charge in [0, 0.05) is 51.3 Å². The molecule has 2 N–H and O–H groups in total. The maximum absolute atomic E-state index is 13.1. The summed E-state index contributed by atoms with van der Waals surface area (Å²) in [4.78, 5) is 43.6. The zero-order valence-electron chi connectivity index (χ0n) is 20.1. The highest BCUT2D eigenvalue weighted by molar-refractivity contribution is 6.05. The van der Waals surface area contributed by atoms with Crippen molar-refractivity contribution in [3.63, 3.8) is 0 Å². The minimum Gasteiger partial charge on any atom is -0.322 e. The second-order valence-electron chi connectivity index (χ2n) is 10.3. The minimum atomic E-state index is -0.557. The van der Waals surface area contributed by atoms with Crippen LogP contribution in [0.1, 0.15) is 60.0 Å². The molecule has 2 unspecified atom stereocenters. The summed E-state index contributed by atoms with van der Waals surface area (Å²) in [5, 5.41) is 5.90. The van der Waals surface area contributed by atoms with Gasteiger partial charge in [-0.15, -0.1) is 0 Å². The van der Waals surface area contributed by atoms with Crippen LogP contribution < -0.4 is 10.6 Å². The fraction of sp³-hybridized carbons (Fsp3) is 0.654. The van der Waals surface area contributed by atoms with Crippen LogP contribution in [0.5, 0.6) is 0 Å². The van der Waals surface area contributed by atoms with Crippen molar-refractivity contribution >= 4 is 17.7 Å². The van der Waals surface area contributed by atoms with Gasteiger partial charge < -0.3 is 15.1 Å². The van der Waals surface area contributed by atoms with Crippen LogP contribution in [0.15, 0.2) is 18.2 Å². The molecule has 0 radical (unpaired) electrons. The number of benzene rings is 1. The van der Waals surface area contributed by atoms with Gasteiger partial charge in [-0.05, 0) is 74.8 Å². The van der Waals surface area contributed by atoms with Crippen LogP contribution in [0.2, 0.25) is 0 Å². The predicted molar refractivity (Wildman–Crippen MR) is 129 cm³/mol. The molecule has 0 saturated carbocycles. The Morgan fingerprint density at radius 2 is 1.82 bits per heavy atom. The second-order valence-corrected chi connectivity index (χ2v) is 10.3. The van der Waals surface area contributed by atoms with Gasteiger partial charge in [-0.2, -0.15) is 0 Å². The lowest BCUT2D eigenvalue weighted by Crippen LogP contribution is -2.52. The first-order chi connectivity index (χ1) is 16.6. The number of amides is 3. The van der Waals surface area contributed by atoms with Crippen molar-refractivity contribution < 1.29 is 14.4 Å². The molecule has 8 heteroatoms. The fourth-order valence-electron chi connectivity index (χ4n) is 5.98. The Labute approximate surface area is 202 Å². The van der Waals surface area contributed by atoms with Gasteiger partial charge in [0.25, 0.3) is 5.91 Å². The molecule has 4 aliphatic heterocycles. The number of nitrogens with one attached hydrogen (secondary N) is 2. The lowest BCUT2D eigenvalue weighted by atomic mass is 9.94. The van der Waals surface area contributed by atoms with Crippen LogP contribution in [0, 0.1) is 5.92 Å². The third-order valence-corrected chi connectivity index (χ3v) is 8.02. The summed E-state index contributed by atoms with van der Waals surface area (Å²) in [6.45, 7) is 9.14. The van der Waals surface area contributed by atoms with Gasteiger partial charge in [0.15, 0.2) is 0 Å². The summed E-state index contributed by atoms with van der Waals surface area (Å²) < 4.78 is 0. The number of imide groups is 1. The van der Waals surface area contributed by atoms with E-state index >= 15 is 0 Å². The van der Waals surface area contributed by atoms with Gasteiger partial charge in [0.2, 0.25) is 11.8 Å². The van der Waals surface area contributed by atoms with Crippen molar-refractivity contribution in [2.24, 2.45) is 5.92 Å². The Bertz CT molecular complexity index is 921. The van der Waals surface area contributed by atoms with Crippen LogP contribution in [0.3, 0.4) is 0 Å². The summed E-state index contributed by atoms with van der Waals surface area (Å²) in [7, 11) is 0. The van der Waals surface area contributed by atoms with Crippen molar-refractivity contribution in [1.29, 1.82) is 0 Å². The van der Waals surface area contributed by atoms with Crippen molar-refractivity contribution in [2.45, 2.75) is 57.7 Å². The van der Waals surface area contributed by atoms with E-state index in [9.17, 15) is 14.4 Å². The van der Waals surface area contributed by atoms with E-state index in [-0.39, 0.29) is 24.1 Å². The van der Waals surface area contributed by atoms with Crippen molar-refractivity contribution in [3.8, 4) is 0 Å². The van der Waals surface area contributed by atoms with Gasteiger partial charge in [-0.3, -0.25) is 24.6 Å². The number of rotatable bonds is 7. The minimum absolute atomic E-state index is 0.0932. The number of piperidine rings is 2. The molecule has 3 fully saturated rings. The number of piperazine rings is 1. The highest BCUT2D eigenvalue weighted by Gasteiger charge is 2.39. The standard InChI is InChI=1S/C26H37N5O3/c32-24-9-8-23(25(33)28-24)31-18-22-20(6-1-7-21(22)26(31)34)17-30-14-12-29(13-15-30)11-3-5-19-4-2-10-27-16-19/h1,6-7,19,23,27H,2-5,8-18H2,(H,28,32,33). The lowest BCUT2D eigenvalue weighted by molar-refractivity contribution is -0.136. The Kier molecular flexibility index (Phi) is 7.27. The van der Waals surface area contributed by atoms with E-state index in [1.807, 2.05) is 12.1 Å². The average molecular weight is 468 g/mol. The van der Waals surface area contributed by atoms with Crippen LogP contribution in [0.25, 0.3) is 0 Å². The van der Waals surface area contributed by atoms with Crippen LogP contribution in [0.4, 0.5) is 0 Å². The summed E-state index contributed by atoms with van der Waals surface area (Å²) >= 11 is 0. The van der Waals surface area contributed by atoms with E-state index in [4.69, 9.17) is 0 Å². The molecule has 4 aliphatic rings. The Morgan fingerprint density at radius 3 is 2.59 bits per heavy atom. The first-order valence-corrected chi connectivity index (χ1v) is 13.0. The number of nitrogens with zero attached hydrogens (tertiary/aromatic N) is 3. The van der Waals surface area contributed by atoms with Crippen LogP contribution >= 0.6 is 0 Å². The van der Waals surface area contributed by atoms with Gasteiger partial charge in [0.1, 0.15) is 6.04 Å². The van der Waals surface area contributed by atoms with E-state index in [1.165, 1.54) is 50.9 Å². The number of hydrogen-bond donors (Lipinski definition) is 2. The third kappa shape index (κ3) is 5.19. The van der Waals surface area contributed by atoms with Crippen molar-refractivity contribution in [1.82, 2.24) is 25.3 Å². The molecule has 2 atom stereocenters. The molecule has 1 aromatic rings. The topological polar surface area (TPSA) is 85.0 Å². The van der Waals surface area contributed by atoms with Crippen LogP contribution in [-0.2, 0) is 22.7 Å². The summed E-state index contributed by atoms with van der Waals surface area (Å²) in [5.41, 5.74) is 2.93. The highest BCUT2D eigenvalue weighted by Crippen LogP contribution is 2.30. The van der Waals surface area contributed by atoms with Gasteiger partial charge >= 0.3 is 0 Å². The van der Waals surface area contributed by atoms with Gasteiger partial charge in [-0.25, -0.2) is 0 Å². The molecule has 3 amide bonds. The van der Waals surface area contributed by atoms with Crippen molar-refractivity contribution in [2.75, 3.05) is 45.8 Å².